The minimum atomic E-state index is 0.0468. The zero-order valence-corrected chi connectivity index (χ0v) is 15.2. The first-order chi connectivity index (χ1) is 12.1. The number of hydrogen-bond donors (Lipinski definition) is 0. The molecule has 132 valence electrons. The number of unbranched alkanes of at least 4 members (excludes halogenated alkanes) is 1. The van der Waals surface area contributed by atoms with Crippen molar-refractivity contribution >= 4 is 10.8 Å². The lowest BCUT2D eigenvalue weighted by Crippen LogP contribution is -2.22. The molecule has 0 unspecified atom stereocenters. The lowest BCUT2D eigenvalue weighted by molar-refractivity contribution is 0.309. The van der Waals surface area contributed by atoms with Crippen molar-refractivity contribution in [1.29, 1.82) is 0 Å². The van der Waals surface area contributed by atoms with Crippen molar-refractivity contribution in [2.75, 3.05) is 6.61 Å². The van der Waals surface area contributed by atoms with Gasteiger partial charge in [0.15, 0.2) is 0 Å². The van der Waals surface area contributed by atoms with Gasteiger partial charge in [-0.3, -0.25) is 4.79 Å². The summed E-state index contributed by atoms with van der Waals surface area (Å²) in [6.07, 6.45) is 7.96. The number of pyridine rings is 1. The highest BCUT2D eigenvalue weighted by molar-refractivity contribution is 5.89. The van der Waals surface area contributed by atoms with Crippen LogP contribution in [0.4, 0.5) is 0 Å². The van der Waals surface area contributed by atoms with Crippen molar-refractivity contribution in [2.24, 2.45) is 5.92 Å². The van der Waals surface area contributed by atoms with Crippen LogP contribution in [0.3, 0.4) is 0 Å². The van der Waals surface area contributed by atoms with Gasteiger partial charge in [-0.25, -0.2) is 0 Å². The van der Waals surface area contributed by atoms with E-state index in [0.717, 1.165) is 29.7 Å². The quantitative estimate of drug-likeness (QED) is 0.589. The van der Waals surface area contributed by atoms with Gasteiger partial charge >= 0.3 is 0 Å². The Bertz CT molecular complexity index is 892. The molecule has 0 spiro atoms. The smallest absolute Gasteiger partial charge is 0.258 e. The van der Waals surface area contributed by atoms with E-state index in [1.165, 1.54) is 0 Å². The van der Waals surface area contributed by atoms with Crippen molar-refractivity contribution in [1.82, 2.24) is 9.13 Å². The van der Waals surface area contributed by atoms with Gasteiger partial charge in [0.05, 0.1) is 12.0 Å². The Morgan fingerprint density at radius 1 is 1.12 bits per heavy atom. The molecular weight excluding hydrogens is 312 g/mol. The SMILES string of the molecule is CCCCOc1cn(CC(C)C)c(=O)c2ccc(-n3cccc3)cc12. The average molecular weight is 338 g/mol. The summed E-state index contributed by atoms with van der Waals surface area (Å²) in [4.78, 5) is 12.8. The summed E-state index contributed by atoms with van der Waals surface area (Å²) in [5.74, 6) is 1.19. The molecule has 0 N–H and O–H groups in total. The molecule has 0 fully saturated rings. The zero-order chi connectivity index (χ0) is 17.8. The van der Waals surface area contributed by atoms with Crippen molar-refractivity contribution in [2.45, 2.75) is 40.2 Å². The molecule has 0 bridgehead atoms. The summed E-state index contributed by atoms with van der Waals surface area (Å²) >= 11 is 0. The van der Waals surface area contributed by atoms with E-state index in [0.29, 0.717) is 24.5 Å². The van der Waals surface area contributed by atoms with E-state index >= 15 is 0 Å². The van der Waals surface area contributed by atoms with E-state index < -0.39 is 0 Å². The van der Waals surface area contributed by atoms with E-state index in [1.807, 2.05) is 53.5 Å². The zero-order valence-electron chi connectivity index (χ0n) is 15.2. The van der Waals surface area contributed by atoms with Crippen molar-refractivity contribution < 1.29 is 4.74 Å². The molecule has 0 aliphatic heterocycles. The van der Waals surface area contributed by atoms with Crippen LogP contribution in [0.15, 0.2) is 53.7 Å². The number of aromatic nitrogens is 2. The molecule has 3 rings (SSSR count). The standard InChI is InChI=1S/C21H26N2O2/c1-4-5-12-25-20-15-23(14-16(2)3)21(24)18-9-8-17(13-19(18)20)22-10-6-7-11-22/h6-11,13,15-16H,4-5,12,14H2,1-3H3. The fourth-order valence-electron chi connectivity index (χ4n) is 2.98. The summed E-state index contributed by atoms with van der Waals surface area (Å²) in [7, 11) is 0. The van der Waals surface area contributed by atoms with E-state index in [1.54, 1.807) is 4.57 Å². The van der Waals surface area contributed by atoms with Gasteiger partial charge in [-0.05, 0) is 42.7 Å². The molecule has 25 heavy (non-hydrogen) atoms. The Kier molecular flexibility index (Phi) is 5.27. The van der Waals surface area contributed by atoms with Crippen LogP contribution >= 0.6 is 0 Å². The molecule has 0 aliphatic carbocycles. The molecule has 0 saturated carbocycles. The van der Waals surface area contributed by atoms with Crippen LogP contribution < -0.4 is 10.3 Å². The van der Waals surface area contributed by atoms with Gasteiger partial charge in [-0.2, -0.15) is 0 Å². The molecule has 0 saturated heterocycles. The van der Waals surface area contributed by atoms with E-state index in [-0.39, 0.29) is 5.56 Å². The number of ether oxygens (including phenoxy) is 1. The first kappa shape index (κ1) is 17.3. The fraction of sp³-hybridized carbons (Fsp3) is 0.381. The third-order valence-electron chi connectivity index (χ3n) is 4.25. The molecule has 0 atom stereocenters. The van der Waals surface area contributed by atoms with E-state index in [9.17, 15) is 4.79 Å². The Morgan fingerprint density at radius 3 is 2.56 bits per heavy atom. The lowest BCUT2D eigenvalue weighted by atomic mass is 10.1. The van der Waals surface area contributed by atoms with Crippen LogP contribution in [0.1, 0.15) is 33.6 Å². The fourth-order valence-corrected chi connectivity index (χ4v) is 2.98. The van der Waals surface area contributed by atoms with Crippen molar-refractivity contribution in [3.63, 3.8) is 0 Å². The maximum atomic E-state index is 12.8. The molecule has 2 heterocycles. The predicted molar refractivity (Wildman–Crippen MR) is 103 cm³/mol. The van der Waals surface area contributed by atoms with Gasteiger partial charge in [0.2, 0.25) is 0 Å². The highest BCUT2D eigenvalue weighted by Gasteiger charge is 2.12. The molecule has 0 amide bonds. The summed E-state index contributed by atoms with van der Waals surface area (Å²) < 4.78 is 9.86. The van der Waals surface area contributed by atoms with Gasteiger partial charge in [0.1, 0.15) is 5.75 Å². The normalized spacial score (nSPS) is 11.4. The minimum Gasteiger partial charge on any atom is -0.491 e. The van der Waals surface area contributed by atoms with Crippen LogP contribution in [0.5, 0.6) is 5.75 Å². The average Bonchev–Trinajstić information content (AvgIpc) is 3.12. The first-order valence-electron chi connectivity index (χ1n) is 9.03. The van der Waals surface area contributed by atoms with Gasteiger partial charge in [0.25, 0.3) is 5.56 Å². The Balaban J connectivity index is 2.13. The second kappa shape index (κ2) is 7.60. The van der Waals surface area contributed by atoms with Gasteiger partial charge in [0, 0.05) is 36.2 Å². The largest absolute Gasteiger partial charge is 0.491 e. The highest BCUT2D eigenvalue weighted by Crippen LogP contribution is 2.26. The molecule has 3 aromatic rings. The van der Waals surface area contributed by atoms with E-state index in [2.05, 4.69) is 20.8 Å². The predicted octanol–water partition coefficient (Wildman–Crippen LogP) is 4.63. The third-order valence-corrected chi connectivity index (χ3v) is 4.25. The third kappa shape index (κ3) is 3.78. The second-order valence-electron chi connectivity index (χ2n) is 6.87. The Morgan fingerprint density at radius 2 is 1.88 bits per heavy atom. The molecule has 0 aliphatic rings. The van der Waals surface area contributed by atoms with Crippen LogP contribution in [0.2, 0.25) is 0 Å². The molecular formula is C21H26N2O2. The van der Waals surface area contributed by atoms with Gasteiger partial charge in [-0.1, -0.05) is 27.2 Å². The van der Waals surface area contributed by atoms with Gasteiger partial charge < -0.3 is 13.9 Å². The molecule has 4 nitrogen and oxygen atoms in total. The maximum Gasteiger partial charge on any atom is 0.258 e. The Hall–Kier alpha value is -2.49. The monoisotopic (exact) mass is 338 g/mol. The Labute approximate surface area is 148 Å². The molecule has 4 heteroatoms. The van der Waals surface area contributed by atoms with Crippen LogP contribution in [-0.2, 0) is 6.54 Å². The summed E-state index contributed by atoms with van der Waals surface area (Å²) in [5, 5.41) is 1.60. The first-order valence-corrected chi connectivity index (χ1v) is 9.03. The summed E-state index contributed by atoms with van der Waals surface area (Å²) in [6, 6.07) is 9.92. The van der Waals surface area contributed by atoms with Crippen molar-refractivity contribution in [3.8, 4) is 11.4 Å². The number of benzene rings is 1. The van der Waals surface area contributed by atoms with Crippen LogP contribution in [0, 0.1) is 5.92 Å². The van der Waals surface area contributed by atoms with Crippen molar-refractivity contribution in [3.05, 3.63) is 59.3 Å². The molecule has 1 aromatic carbocycles. The van der Waals surface area contributed by atoms with Gasteiger partial charge in [-0.15, -0.1) is 0 Å². The summed E-state index contributed by atoms with van der Waals surface area (Å²) in [6.45, 7) is 7.73. The topological polar surface area (TPSA) is 36.2 Å². The lowest BCUT2D eigenvalue weighted by Gasteiger charge is -2.15. The maximum absolute atomic E-state index is 12.8. The number of hydrogen-bond acceptors (Lipinski definition) is 2. The second-order valence-corrected chi connectivity index (χ2v) is 6.87. The summed E-state index contributed by atoms with van der Waals surface area (Å²) in [5.41, 5.74) is 1.07. The highest BCUT2D eigenvalue weighted by atomic mass is 16.5. The molecule has 0 radical (unpaired) electrons. The van der Waals surface area contributed by atoms with Crippen LogP contribution in [0.25, 0.3) is 16.5 Å². The van der Waals surface area contributed by atoms with E-state index in [4.69, 9.17) is 4.74 Å². The number of nitrogens with zero attached hydrogens (tertiary/aromatic N) is 2. The minimum absolute atomic E-state index is 0.0468. The molecule has 2 aromatic heterocycles. The van der Waals surface area contributed by atoms with Crippen LogP contribution in [-0.4, -0.2) is 15.7 Å². The number of fused-ring (bicyclic) bond motifs is 1. The number of rotatable bonds is 7.